The molecule has 1 fully saturated rings. The van der Waals surface area contributed by atoms with E-state index in [0.717, 1.165) is 25.7 Å². The maximum atomic E-state index is 12.9. The lowest BCUT2D eigenvalue weighted by Gasteiger charge is -2.09. The normalized spacial score (nSPS) is 16.3. The average Bonchev–Trinajstić information content (AvgIpc) is 2.79. The Morgan fingerprint density at radius 2 is 2.12 bits per heavy atom. The van der Waals surface area contributed by atoms with Gasteiger partial charge in [0.1, 0.15) is 12.4 Å². The van der Waals surface area contributed by atoms with Crippen LogP contribution in [0.2, 0.25) is 0 Å². The van der Waals surface area contributed by atoms with Crippen molar-refractivity contribution < 1.29 is 13.9 Å². The summed E-state index contributed by atoms with van der Waals surface area (Å²) in [6, 6.07) is 6.14. The molecule has 2 rings (SSSR count). The fourth-order valence-corrected chi connectivity index (χ4v) is 2.06. The van der Waals surface area contributed by atoms with Gasteiger partial charge in [0.15, 0.2) is 0 Å². The summed E-state index contributed by atoms with van der Waals surface area (Å²) >= 11 is 0. The molecular weight excluding hydrogens is 207 g/mol. The highest BCUT2D eigenvalue weighted by Gasteiger charge is 2.23. The zero-order valence-corrected chi connectivity index (χ0v) is 9.12. The zero-order valence-electron chi connectivity index (χ0n) is 9.12. The fraction of sp³-hybridized carbons (Fsp3) is 0.462. The molecule has 0 atom stereocenters. The summed E-state index contributed by atoms with van der Waals surface area (Å²) in [4.78, 5) is 11.6. The van der Waals surface area contributed by atoms with E-state index in [4.69, 9.17) is 4.74 Å². The summed E-state index contributed by atoms with van der Waals surface area (Å²) in [7, 11) is 0. The predicted molar refractivity (Wildman–Crippen MR) is 58.2 cm³/mol. The molecular formula is C13H15FO2. The van der Waals surface area contributed by atoms with Gasteiger partial charge in [-0.3, -0.25) is 4.79 Å². The Labute approximate surface area is 94.4 Å². The van der Waals surface area contributed by atoms with Crippen LogP contribution in [0.4, 0.5) is 4.39 Å². The molecule has 0 spiro atoms. The number of esters is 1. The minimum Gasteiger partial charge on any atom is -0.461 e. The Morgan fingerprint density at radius 1 is 1.38 bits per heavy atom. The van der Waals surface area contributed by atoms with Crippen LogP contribution in [-0.2, 0) is 16.1 Å². The molecule has 0 aromatic heterocycles. The smallest absolute Gasteiger partial charge is 0.309 e. The van der Waals surface area contributed by atoms with E-state index in [1.807, 2.05) is 0 Å². The van der Waals surface area contributed by atoms with Gasteiger partial charge in [-0.15, -0.1) is 0 Å². The number of carbonyl (C=O) groups is 1. The third kappa shape index (κ3) is 2.81. The highest BCUT2D eigenvalue weighted by atomic mass is 19.1. The first-order valence-electron chi connectivity index (χ1n) is 5.67. The van der Waals surface area contributed by atoms with E-state index in [0.29, 0.717) is 5.56 Å². The lowest BCUT2D eigenvalue weighted by Crippen LogP contribution is -2.14. The van der Waals surface area contributed by atoms with Gasteiger partial charge in [0.25, 0.3) is 0 Å². The maximum absolute atomic E-state index is 12.9. The van der Waals surface area contributed by atoms with Crippen LogP contribution in [0, 0.1) is 11.7 Å². The first kappa shape index (κ1) is 11.1. The Bertz CT molecular complexity index is 370. The first-order chi connectivity index (χ1) is 7.75. The van der Waals surface area contributed by atoms with Gasteiger partial charge in [-0.1, -0.05) is 25.0 Å². The topological polar surface area (TPSA) is 26.3 Å². The van der Waals surface area contributed by atoms with Gasteiger partial charge in [0.2, 0.25) is 0 Å². The van der Waals surface area contributed by atoms with Crippen molar-refractivity contribution in [1.29, 1.82) is 0 Å². The Hall–Kier alpha value is -1.38. The molecule has 3 heteroatoms. The van der Waals surface area contributed by atoms with Crippen molar-refractivity contribution in [2.45, 2.75) is 32.3 Å². The van der Waals surface area contributed by atoms with Crippen LogP contribution in [0.1, 0.15) is 31.2 Å². The third-order valence-electron chi connectivity index (χ3n) is 2.96. The zero-order chi connectivity index (χ0) is 11.4. The maximum Gasteiger partial charge on any atom is 0.309 e. The highest BCUT2D eigenvalue weighted by molar-refractivity contribution is 5.72. The largest absolute Gasteiger partial charge is 0.461 e. The van der Waals surface area contributed by atoms with E-state index in [1.165, 1.54) is 12.1 Å². The molecule has 0 N–H and O–H groups in total. The second-order valence-corrected chi connectivity index (χ2v) is 4.22. The molecule has 2 nitrogen and oxygen atoms in total. The summed E-state index contributed by atoms with van der Waals surface area (Å²) in [6.07, 6.45) is 4.09. The van der Waals surface area contributed by atoms with Gasteiger partial charge < -0.3 is 4.74 Å². The van der Waals surface area contributed by atoms with E-state index in [2.05, 4.69) is 0 Å². The molecule has 16 heavy (non-hydrogen) atoms. The van der Waals surface area contributed by atoms with Gasteiger partial charge in [0.05, 0.1) is 5.92 Å². The second-order valence-electron chi connectivity index (χ2n) is 4.22. The molecule has 1 aliphatic carbocycles. The molecule has 1 saturated carbocycles. The summed E-state index contributed by atoms with van der Waals surface area (Å²) < 4.78 is 18.0. The van der Waals surface area contributed by atoms with Crippen LogP contribution in [-0.4, -0.2) is 5.97 Å². The number of hydrogen-bond donors (Lipinski definition) is 0. The molecule has 0 bridgehead atoms. The number of hydrogen-bond acceptors (Lipinski definition) is 2. The van der Waals surface area contributed by atoms with Gasteiger partial charge in [-0.05, 0) is 30.5 Å². The Kier molecular flexibility index (Phi) is 3.54. The molecule has 1 aromatic carbocycles. The summed E-state index contributed by atoms with van der Waals surface area (Å²) in [5.41, 5.74) is 0.700. The SMILES string of the molecule is O=C(OCc1cccc(F)c1)C1CCCC1. The van der Waals surface area contributed by atoms with Crippen LogP contribution in [0.15, 0.2) is 24.3 Å². The average molecular weight is 222 g/mol. The van der Waals surface area contributed by atoms with Gasteiger partial charge in [-0.2, -0.15) is 0 Å². The molecule has 1 aromatic rings. The van der Waals surface area contributed by atoms with Crippen LogP contribution in [0.5, 0.6) is 0 Å². The van der Waals surface area contributed by atoms with E-state index >= 15 is 0 Å². The highest BCUT2D eigenvalue weighted by Crippen LogP contribution is 2.26. The third-order valence-corrected chi connectivity index (χ3v) is 2.96. The Balaban J connectivity index is 1.84. The van der Waals surface area contributed by atoms with Gasteiger partial charge >= 0.3 is 5.97 Å². The van der Waals surface area contributed by atoms with Crippen molar-refractivity contribution in [2.24, 2.45) is 5.92 Å². The summed E-state index contributed by atoms with van der Waals surface area (Å²) in [5.74, 6) is -0.371. The summed E-state index contributed by atoms with van der Waals surface area (Å²) in [6.45, 7) is 0.174. The van der Waals surface area contributed by atoms with Crippen molar-refractivity contribution in [3.05, 3.63) is 35.6 Å². The molecule has 0 aliphatic heterocycles. The van der Waals surface area contributed by atoms with Crippen LogP contribution >= 0.6 is 0 Å². The van der Waals surface area contributed by atoms with Crippen molar-refractivity contribution in [3.8, 4) is 0 Å². The van der Waals surface area contributed by atoms with Crippen molar-refractivity contribution in [1.82, 2.24) is 0 Å². The molecule has 0 saturated heterocycles. The van der Waals surface area contributed by atoms with E-state index in [9.17, 15) is 9.18 Å². The number of halogens is 1. The number of ether oxygens (including phenoxy) is 1. The van der Waals surface area contributed by atoms with E-state index < -0.39 is 0 Å². The van der Waals surface area contributed by atoms with E-state index in [1.54, 1.807) is 12.1 Å². The Morgan fingerprint density at radius 3 is 2.81 bits per heavy atom. The van der Waals surface area contributed by atoms with Crippen molar-refractivity contribution >= 4 is 5.97 Å². The van der Waals surface area contributed by atoms with E-state index in [-0.39, 0.29) is 24.3 Å². The molecule has 1 aliphatic rings. The fourth-order valence-electron chi connectivity index (χ4n) is 2.06. The lowest BCUT2D eigenvalue weighted by molar-refractivity contribution is -0.149. The second kappa shape index (κ2) is 5.10. The number of rotatable bonds is 3. The van der Waals surface area contributed by atoms with Crippen LogP contribution in [0.25, 0.3) is 0 Å². The quantitative estimate of drug-likeness (QED) is 0.735. The van der Waals surface area contributed by atoms with Gasteiger partial charge in [-0.25, -0.2) is 4.39 Å². The van der Waals surface area contributed by atoms with Crippen molar-refractivity contribution in [3.63, 3.8) is 0 Å². The lowest BCUT2D eigenvalue weighted by atomic mass is 10.1. The predicted octanol–water partition coefficient (Wildman–Crippen LogP) is 3.06. The first-order valence-corrected chi connectivity index (χ1v) is 5.67. The monoisotopic (exact) mass is 222 g/mol. The molecule has 0 unspecified atom stereocenters. The standard InChI is InChI=1S/C13H15FO2/c14-12-7-3-4-10(8-12)9-16-13(15)11-5-1-2-6-11/h3-4,7-8,11H,1-2,5-6,9H2. The molecule has 0 heterocycles. The van der Waals surface area contributed by atoms with Crippen LogP contribution in [0.3, 0.4) is 0 Å². The number of carbonyl (C=O) groups excluding carboxylic acids is 1. The molecule has 0 amide bonds. The van der Waals surface area contributed by atoms with Crippen LogP contribution < -0.4 is 0 Å². The molecule has 86 valence electrons. The minimum absolute atomic E-state index is 0.0635. The summed E-state index contributed by atoms with van der Waals surface area (Å²) in [5, 5.41) is 0. The van der Waals surface area contributed by atoms with Gasteiger partial charge in [0, 0.05) is 0 Å². The molecule has 0 radical (unpaired) electrons. The van der Waals surface area contributed by atoms with Crippen molar-refractivity contribution in [2.75, 3.05) is 0 Å². The minimum atomic E-state index is -0.297. The number of benzene rings is 1.